The molecule has 0 fully saturated rings. The average molecular weight is 278 g/mol. The maximum absolute atomic E-state index is 9.23. The summed E-state index contributed by atoms with van der Waals surface area (Å²) in [6, 6.07) is 10.5. The third kappa shape index (κ3) is 4.77. The van der Waals surface area contributed by atoms with E-state index in [0.717, 1.165) is 30.8 Å². The Bertz CT molecular complexity index is 424. The van der Waals surface area contributed by atoms with E-state index in [0.29, 0.717) is 0 Å². The van der Waals surface area contributed by atoms with Gasteiger partial charge in [-0.25, -0.2) is 0 Å². The van der Waals surface area contributed by atoms with Crippen LogP contribution in [0.3, 0.4) is 0 Å². The predicted octanol–water partition coefficient (Wildman–Crippen LogP) is 3.46. The zero-order valence-electron chi connectivity index (χ0n) is 11.9. The minimum absolute atomic E-state index is 0.366. The second-order valence-corrected chi connectivity index (χ2v) is 5.60. The van der Waals surface area contributed by atoms with Gasteiger partial charge in [0.1, 0.15) is 11.3 Å². The summed E-state index contributed by atoms with van der Waals surface area (Å²) in [6.07, 6.45) is 2.74. The number of nitriles is 1. The molecule has 0 bridgehead atoms. The van der Waals surface area contributed by atoms with Crippen molar-refractivity contribution in [3.63, 3.8) is 0 Å². The van der Waals surface area contributed by atoms with E-state index in [4.69, 9.17) is 4.74 Å². The number of hydrogen-bond acceptors (Lipinski definition) is 4. The molecule has 1 unspecified atom stereocenters. The third-order valence-corrected chi connectivity index (χ3v) is 4.43. The van der Waals surface area contributed by atoms with Gasteiger partial charge in [-0.2, -0.15) is 5.26 Å². The van der Waals surface area contributed by atoms with Gasteiger partial charge < -0.3 is 10.1 Å². The van der Waals surface area contributed by atoms with Gasteiger partial charge in [-0.15, -0.1) is 11.8 Å². The first-order chi connectivity index (χ1) is 9.19. The Morgan fingerprint density at radius 1 is 1.47 bits per heavy atom. The van der Waals surface area contributed by atoms with Crippen molar-refractivity contribution in [3.8, 4) is 11.8 Å². The standard InChI is InChI=1S/C15H22N2OS/c1-4-15(12-16,17-2)9-6-10-19-14-8-5-7-13(11-14)18-3/h5,7-8,11,17H,4,6,9-10H2,1-3H3. The normalized spacial score (nSPS) is 13.6. The van der Waals surface area contributed by atoms with E-state index < -0.39 is 0 Å². The number of benzene rings is 1. The Labute approximate surface area is 120 Å². The fraction of sp³-hybridized carbons (Fsp3) is 0.533. The molecule has 3 nitrogen and oxygen atoms in total. The molecule has 0 saturated carbocycles. The summed E-state index contributed by atoms with van der Waals surface area (Å²) in [5.74, 6) is 1.90. The van der Waals surface area contributed by atoms with Crippen LogP contribution in [0.5, 0.6) is 5.75 Å². The zero-order valence-corrected chi connectivity index (χ0v) is 12.7. The van der Waals surface area contributed by atoms with E-state index in [-0.39, 0.29) is 5.54 Å². The topological polar surface area (TPSA) is 45.0 Å². The van der Waals surface area contributed by atoms with Crippen molar-refractivity contribution >= 4 is 11.8 Å². The number of nitrogens with zero attached hydrogens (tertiary/aromatic N) is 1. The summed E-state index contributed by atoms with van der Waals surface area (Å²) in [5, 5.41) is 12.4. The van der Waals surface area contributed by atoms with Crippen molar-refractivity contribution in [3.05, 3.63) is 24.3 Å². The van der Waals surface area contributed by atoms with Crippen LogP contribution in [0.15, 0.2) is 29.2 Å². The molecule has 1 atom stereocenters. The smallest absolute Gasteiger partial charge is 0.119 e. The van der Waals surface area contributed by atoms with Gasteiger partial charge in [0.25, 0.3) is 0 Å². The Hall–Kier alpha value is -1.18. The van der Waals surface area contributed by atoms with Crippen molar-refractivity contribution in [1.82, 2.24) is 5.32 Å². The first-order valence-corrected chi connectivity index (χ1v) is 7.55. The number of thioether (sulfide) groups is 1. The van der Waals surface area contributed by atoms with Gasteiger partial charge >= 0.3 is 0 Å². The highest BCUT2D eigenvalue weighted by atomic mass is 32.2. The van der Waals surface area contributed by atoms with Crippen LogP contribution < -0.4 is 10.1 Å². The number of rotatable bonds is 8. The molecule has 1 aromatic rings. The Balaban J connectivity index is 2.40. The molecule has 0 radical (unpaired) electrons. The third-order valence-electron chi connectivity index (χ3n) is 3.35. The molecule has 0 saturated heterocycles. The lowest BCUT2D eigenvalue weighted by Gasteiger charge is -2.24. The number of methoxy groups -OCH3 is 1. The second-order valence-electron chi connectivity index (χ2n) is 4.43. The van der Waals surface area contributed by atoms with Crippen molar-refractivity contribution in [2.45, 2.75) is 36.6 Å². The molecule has 0 aliphatic rings. The van der Waals surface area contributed by atoms with Crippen LogP contribution in [-0.4, -0.2) is 25.4 Å². The van der Waals surface area contributed by atoms with E-state index in [1.165, 1.54) is 4.90 Å². The molecule has 0 amide bonds. The summed E-state index contributed by atoms with van der Waals surface area (Å²) >= 11 is 1.80. The SMILES string of the molecule is CCC(C#N)(CCCSc1cccc(OC)c1)NC. The molecule has 0 aliphatic carbocycles. The molecule has 0 spiro atoms. The minimum atomic E-state index is -0.366. The second kappa shape index (κ2) is 8.08. The molecular formula is C15H22N2OS. The molecular weight excluding hydrogens is 256 g/mol. The number of nitrogens with one attached hydrogen (secondary N) is 1. The van der Waals surface area contributed by atoms with E-state index >= 15 is 0 Å². The molecule has 0 aliphatic heterocycles. The highest BCUT2D eigenvalue weighted by Crippen LogP contribution is 2.25. The Morgan fingerprint density at radius 2 is 2.26 bits per heavy atom. The molecule has 1 N–H and O–H groups in total. The first kappa shape index (κ1) is 15.9. The summed E-state index contributed by atoms with van der Waals surface area (Å²) in [4.78, 5) is 1.21. The molecule has 1 rings (SSSR count). The molecule has 1 aromatic carbocycles. The lowest BCUT2D eigenvalue weighted by Crippen LogP contribution is -2.40. The van der Waals surface area contributed by atoms with Crippen LogP contribution >= 0.6 is 11.8 Å². The molecule has 0 aromatic heterocycles. The minimum Gasteiger partial charge on any atom is -0.497 e. The van der Waals surface area contributed by atoms with Crippen molar-refractivity contribution in [2.24, 2.45) is 0 Å². The zero-order chi connectivity index (χ0) is 14.1. The summed E-state index contributed by atoms with van der Waals surface area (Å²) in [7, 11) is 3.54. The van der Waals surface area contributed by atoms with Crippen LogP contribution in [0, 0.1) is 11.3 Å². The summed E-state index contributed by atoms with van der Waals surface area (Å²) in [6.45, 7) is 2.05. The van der Waals surface area contributed by atoms with Crippen molar-refractivity contribution in [2.75, 3.05) is 19.9 Å². The highest BCUT2D eigenvalue weighted by molar-refractivity contribution is 7.99. The fourth-order valence-corrected chi connectivity index (χ4v) is 2.82. The van der Waals surface area contributed by atoms with E-state index in [1.54, 1.807) is 18.9 Å². The van der Waals surface area contributed by atoms with Gasteiger partial charge in [0.15, 0.2) is 0 Å². The van der Waals surface area contributed by atoms with Gasteiger partial charge in [-0.1, -0.05) is 13.0 Å². The van der Waals surface area contributed by atoms with E-state index in [9.17, 15) is 5.26 Å². The average Bonchev–Trinajstić information content (AvgIpc) is 2.48. The van der Waals surface area contributed by atoms with Gasteiger partial charge in [0.05, 0.1) is 13.2 Å². The maximum Gasteiger partial charge on any atom is 0.119 e. The quantitative estimate of drug-likeness (QED) is 0.584. The molecule has 19 heavy (non-hydrogen) atoms. The van der Waals surface area contributed by atoms with Crippen LogP contribution in [0.1, 0.15) is 26.2 Å². The number of hydrogen-bond donors (Lipinski definition) is 1. The van der Waals surface area contributed by atoms with Crippen LogP contribution in [-0.2, 0) is 0 Å². The lowest BCUT2D eigenvalue weighted by atomic mass is 9.93. The Kier molecular flexibility index (Phi) is 6.75. The summed E-state index contributed by atoms with van der Waals surface area (Å²) in [5.41, 5.74) is -0.366. The maximum atomic E-state index is 9.23. The van der Waals surface area contributed by atoms with Crippen LogP contribution in [0.2, 0.25) is 0 Å². The van der Waals surface area contributed by atoms with Gasteiger partial charge in [0, 0.05) is 4.90 Å². The molecule has 0 heterocycles. The van der Waals surface area contributed by atoms with Gasteiger partial charge in [-0.3, -0.25) is 0 Å². The van der Waals surface area contributed by atoms with Gasteiger partial charge in [0.2, 0.25) is 0 Å². The molecule has 4 heteroatoms. The molecule has 104 valence electrons. The van der Waals surface area contributed by atoms with Crippen molar-refractivity contribution in [1.29, 1.82) is 5.26 Å². The Morgan fingerprint density at radius 3 is 2.84 bits per heavy atom. The highest BCUT2D eigenvalue weighted by Gasteiger charge is 2.24. The van der Waals surface area contributed by atoms with Crippen LogP contribution in [0.25, 0.3) is 0 Å². The van der Waals surface area contributed by atoms with Crippen molar-refractivity contribution < 1.29 is 4.74 Å². The van der Waals surface area contributed by atoms with E-state index in [1.807, 2.05) is 25.2 Å². The van der Waals surface area contributed by atoms with Crippen LogP contribution in [0.4, 0.5) is 0 Å². The lowest BCUT2D eigenvalue weighted by molar-refractivity contribution is 0.400. The van der Waals surface area contributed by atoms with Gasteiger partial charge in [-0.05, 0) is 50.3 Å². The first-order valence-electron chi connectivity index (χ1n) is 6.56. The largest absolute Gasteiger partial charge is 0.497 e. The van der Waals surface area contributed by atoms with E-state index in [2.05, 4.69) is 24.4 Å². The monoisotopic (exact) mass is 278 g/mol. The number of ether oxygens (including phenoxy) is 1. The predicted molar refractivity (Wildman–Crippen MR) is 80.6 cm³/mol. The summed E-state index contributed by atoms with van der Waals surface area (Å²) < 4.78 is 5.20. The fourth-order valence-electron chi connectivity index (χ4n) is 1.92.